The van der Waals surface area contributed by atoms with Gasteiger partial charge in [-0.05, 0) is 38.1 Å². The van der Waals surface area contributed by atoms with Crippen LogP contribution in [0.3, 0.4) is 0 Å². The molecule has 0 amide bonds. The van der Waals surface area contributed by atoms with E-state index in [0.717, 1.165) is 12.1 Å². The van der Waals surface area contributed by atoms with Crippen LogP contribution in [-0.4, -0.2) is 61.4 Å². The maximum atomic E-state index is 13.0. The first-order valence-corrected chi connectivity index (χ1v) is 11.2. The van der Waals surface area contributed by atoms with Crippen LogP contribution < -0.4 is 0 Å². The molecule has 0 N–H and O–H groups in total. The summed E-state index contributed by atoms with van der Waals surface area (Å²) in [7, 11) is -5.88. The molecule has 0 aliphatic carbocycles. The molecule has 27 heavy (non-hydrogen) atoms. The second-order valence-electron chi connectivity index (χ2n) is 6.39. The van der Waals surface area contributed by atoms with Gasteiger partial charge in [0, 0.05) is 33.2 Å². The van der Waals surface area contributed by atoms with Crippen molar-refractivity contribution in [2.45, 2.75) is 23.6 Å². The van der Waals surface area contributed by atoms with Crippen LogP contribution in [0, 0.1) is 19.7 Å². The molecule has 148 valence electrons. The zero-order valence-electron chi connectivity index (χ0n) is 15.3. The molecule has 11 heteroatoms. The van der Waals surface area contributed by atoms with Crippen LogP contribution in [-0.2, 0) is 27.1 Å². The predicted octanol–water partition coefficient (Wildman–Crippen LogP) is 0.871. The highest BCUT2D eigenvalue weighted by Crippen LogP contribution is 2.25. The van der Waals surface area contributed by atoms with E-state index in [-0.39, 0.29) is 36.0 Å². The molecule has 1 aromatic carbocycles. The van der Waals surface area contributed by atoms with Gasteiger partial charge in [0.15, 0.2) is 0 Å². The number of rotatable bonds is 4. The van der Waals surface area contributed by atoms with Crippen molar-refractivity contribution in [1.82, 2.24) is 18.4 Å². The Morgan fingerprint density at radius 3 is 1.81 bits per heavy atom. The monoisotopic (exact) mass is 416 g/mol. The van der Waals surface area contributed by atoms with Crippen molar-refractivity contribution in [3.8, 4) is 0 Å². The van der Waals surface area contributed by atoms with Gasteiger partial charge in [-0.2, -0.15) is 13.7 Å². The van der Waals surface area contributed by atoms with E-state index in [0.29, 0.717) is 11.4 Å². The van der Waals surface area contributed by atoms with Crippen LogP contribution in [0.2, 0.25) is 0 Å². The van der Waals surface area contributed by atoms with E-state index >= 15 is 0 Å². The van der Waals surface area contributed by atoms with Crippen molar-refractivity contribution in [3.63, 3.8) is 0 Å². The quantitative estimate of drug-likeness (QED) is 0.738. The summed E-state index contributed by atoms with van der Waals surface area (Å²) in [6, 6.07) is 4.58. The number of piperazine rings is 1. The Morgan fingerprint density at radius 1 is 0.889 bits per heavy atom. The number of benzene rings is 1. The third kappa shape index (κ3) is 3.51. The molecule has 1 fully saturated rings. The van der Waals surface area contributed by atoms with E-state index in [2.05, 4.69) is 5.10 Å². The molecule has 8 nitrogen and oxygen atoms in total. The molecule has 1 aliphatic rings. The number of hydrogen-bond acceptors (Lipinski definition) is 5. The Bertz CT molecular complexity index is 1050. The van der Waals surface area contributed by atoms with E-state index in [1.807, 2.05) is 0 Å². The van der Waals surface area contributed by atoms with Crippen molar-refractivity contribution in [2.75, 3.05) is 26.2 Å². The maximum absolute atomic E-state index is 13.0. The van der Waals surface area contributed by atoms with E-state index in [1.54, 1.807) is 20.9 Å². The molecule has 3 rings (SSSR count). The molecule has 0 radical (unpaired) electrons. The van der Waals surface area contributed by atoms with Gasteiger partial charge < -0.3 is 0 Å². The molecule has 1 aliphatic heterocycles. The maximum Gasteiger partial charge on any atom is 0.246 e. The number of nitrogens with zero attached hydrogens (tertiary/aromatic N) is 4. The summed E-state index contributed by atoms with van der Waals surface area (Å²) in [6.07, 6.45) is 0. The minimum absolute atomic E-state index is 0.0147. The number of aryl methyl sites for hydroxylation is 2. The van der Waals surface area contributed by atoms with E-state index in [9.17, 15) is 21.2 Å². The number of halogens is 1. The van der Waals surface area contributed by atoms with E-state index < -0.39 is 25.9 Å². The molecule has 1 aromatic heterocycles. The van der Waals surface area contributed by atoms with Gasteiger partial charge in [-0.1, -0.05) is 0 Å². The van der Waals surface area contributed by atoms with Gasteiger partial charge in [0.25, 0.3) is 0 Å². The minimum atomic E-state index is -3.80. The summed E-state index contributed by atoms with van der Waals surface area (Å²) >= 11 is 0. The van der Waals surface area contributed by atoms with Crippen LogP contribution in [0.4, 0.5) is 4.39 Å². The van der Waals surface area contributed by atoms with Crippen LogP contribution in [0.5, 0.6) is 0 Å². The fourth-order valence-electron chi connectivity index (χ4n) is 3.16. The Balaban J connectivity index is 1.80. The summed E-state index contributed by atoms with van der Waals surface area (Å²) in [5.41, 5.74) is 0.949. The van der Waals surface area contributed by atoms with Crippen molar-refractivity contribution >= 4 is 20.0 Å². The van der Waals surface area contributed by atoms with E-state index in [4.69, 9.17) is 0 Å². The molecule has 0 spiro atoms. The fourth-order valence-corrected chi connectivity index (χ4v) is 6.41. The van der Waals surface area contributed by atoms with Gasteiger partial charge in [-0.25, -0.2) is 21.2 Å². The molecular weight excluding hydrogens is 395 g/mol. The summed E-state index contributed by atoms with van der Waals surface area (Å²) < 4.78 is 68.3. The zero-order valence-corrected chi connectivity index (χ0v) is 16.9. The lowest BCUT2D eigenvalue weighted by Gasteiger charge is -2.33. The van der Waals surface area contributed by atoms with Crippen molar-refractivity contribution in [1.29, 1.82) is 0 Å². The Hall–Kier alpha value is -1.82. The third-order valence-electron chi connectivity index (χ3n) is 4.69. The van der Waals surface area contributed by atoms with E-state index in [1.165, 1.54) is 25.4 Å². The Morgan fingerprint density at radius 2 is 1.37 bits per heavy atom. The second-order valence-corrected chi connectivity index (χ2v) is 10.2. The fraction of sp³-hybridized carbons (Fsp3) is 0.438. The highest BCUT2D eigenvalue weighted by molar-refractivity contribution is 7.89. The number of sulfonamides is 2. The van der Waals surface area contributed by atoms with Gasteiger partial charge in [0.2, 0.25) is 20.0 Å². The van der Waals surface area contributed by atoms with Crippen molar-refractivity contribution in [2.24, 2.45) is 7.05 Å². The number of aromatic nitrogens is 2. The van der Waals surface area contributed by atoms with Crippen LogP contribution >= 0.6 is 0 Å². The van der Waals surface area contributed by atoms with Crippen LogP contribution in [0.1, 0.15) is 11.4 Å². The largest absolute Gasteiger partial charge is 0.271 e. The number of hydrogen-bond donors (Lipinski definition) is 0. The van der Waals surface area contributed by atoms with Gasteiger partial charge >= 0.3 is 0 Å². The molecule has 2 aromatic rings. The smallest absolute Gasteiger partial charge is 0.246 e. The van der Waals surface area contributed by atoms with Crippen LogP contribution in [0.15, 0.2) is 34.1 Å². The van der Waals surface area contributed by atoms with Crippen molar-refractivity contribution in [3.05, 3.63) is 41.5 Å². The van der Waals surface area contributed by atoms with Gasteiger partial charge in [-0.15, -0.1) is 0 Å². The second kappa shape index (κ2) is 6.97. The standard InChI is InChI=1S/C16H21FN4O4S2/c1-12-16(13(2)19(3)18-12)27(24,25)21-10-8-20(9-11-21)26(22,23)15-6-4-14(17)5-7-15/h4-7H,8-11H2,1-3H3. The van der Waals surface area contributed by atoms with Crippen molar-refractivity contribution < 1.29 is 21.2 Å². The first-order chi connectivity index (χ1) is 12.5. The molecule has 0 atom stereocenters. The van der Waals surface area contributed by atoms with Gasteiger partial charge in [-0.3, -0.25) is 4.68 Å². The third-order valence-corrected chi connectivity index (χ3v) is 8.75. The normalized spacial score (nSPS) is 17.3. The lowest BCUT2D eigenvalue weighted by molar-refractivity contribution is 0.272. The molecule has 1 saturated heterocycles. The summed E-state index contributed by atoms with van der Waals surface area (Å²) in [4.78, 5) is 0.152. The minimum Gasteiger partial charge on any atom is -0.271 e. The Kier molecular flexibility index (Phi) is 5.14. The molecular formula is C16H21FN4O4S2. The molecule has 0 unspecified atom stereocenters. The van der Waals surface area contributed by atoms with Crippen LogP contribution in [0.25, 0.3) is 0 Å². The zero-order chi connectivity index (χ0) is 20.0. The van der Waals surface area contributed by atoms with Gasteiger partial charge in [0.1, 0.15) is 10.7 Å². The Labute approximate surface area is 158 Å². The predicted molar refractivity (Wildman–Crippen MR) is 96.6 cm³/mol. The summed E-state index contributed by atoms with van der Waals surface area (Å²) in [6.45, 7) is 3.44. The lowest BCUT2D eigenvalue weighted by atomic mass is 10.4. The highest BCUT2D eigenvalue weighted by atomic mass is 32.2. The molecule has 0 saturated carbocycles. The highest BCUT2D eigenvalue weighted by Gasteiger charge is 2.36. The summed E-state index contributed by atoms with van der Waals surface area (Å²) in [5.74, 6) is -0.521. The first-order valence-electron chi connectivity index (χ1n) is 8.31. The SMILES string of the molecule is Cc1nn(C)c(C)c1S(=O)(=O)N1CCN(S(=O)(=O)c2ccc(F)cc2)CC1. The average molecular weight is 417 g/mol. The molecule has 0 bridgehead atoms. The average Bonchev–Trinajstić information content (AvgIpc) is 2.88. The first kappa shape index (κ1) is 19.9. The topological polar surface area (TPSA) is 92.6 Å². The molecule has 2 heterocycles. The lowest BCUT2D eigenvalue weighted by Crippen LogP contribution is -2.50. The van der Waals surface area contributed by atoms with Gasteiger partial charge in [0.05, 0.1) is 16.3 Å². The summed E-state index contributed by atoms with van der Waals surface area (Å²) in [5, 5.41) is 4.15.